The first-order valence-corrected chi connectivity index (χ1v) is 10.9. The minimum Gasteiger partial charge on any atom is -0.340 e. The lowest BCUT2D eigenvalue weighted by Gasteiger charge is -2.32. The molecular weight excluding hydrogens is 422 g/mol. The molecular formula is C25H26ClN5O. The van der Waals surface area contributed by atoms with Crippen LogP contribution in [0, 0.1) is 0 Å². The van der Waals surface area contributed by atoms with Crippen LogP contribution < -0.4 is 15.9 Å². The van der Waals surface area contributed by atoms with Gasteiger partial charge in [-0.2, -0.15) is 0 Å². The van der Waals surface area contributed by atoms with E-state index in [2.05, 4.69) is 28.8 Å². The number of nitrogens with zero attached hydrogens (tertiary/aromatic N) is 4. The molecule has 1 aromatic carbocycles. The summed E-state index contributed by atoms with van der Waals surface area (Å²) in [5.41, 5.74) is 1.25. The Balaban J connectivity index is 1.78. The molecule has 164 valence electrons. The average molecular weight is 448 g/mol. The predicted molar refractivity (Wildman–Crippen MR) is 131 cm³/mol. The fourth-order valence-corrected chi connectivity index (χ4v) is 4.04. The van der Waals surface area contributed by atoms with Crippen LogP contribution in [-0.4, -0.2) is 58.9 Å². The van der Waals surface area contributed by atoms with E-state index in [1.54, 1.807) is 12.3 Å². The number of carbonyl (C=O) groups is 1. The molecule has 0 radical (unpaired) electrons. The summed E-state index contributed by atoms with van der Waals surface area (Å²) in [6, 6.07) is 9.40. The van der Waals surface area contributed by atoms with Gasteiger partial charge in [0.1, 0.15) is 5.82 Å². The number of anilines is 2. The molecule has 1 fully saturated rings. The number of fused-ring (bicyclic) bond motifs is 1. The van der Waals surface area contributed by atoms with E-state index in [9.17, 15) is 4.79 Å². The number of amides is 1. The Morgan fingerprint density at radius 1 is 1.19 bits per heavy atom. The normalized spacial score (nSPS) is 15.9. The van der Waals surface area contributed by atoms with E-state index in [0.29, 0.717) is 34.9 Å². The first kappa shape index (κ1) is 22.0. The zero-order chi connectivity index (χ0) is 22.7. The Morgan fingerprint density at radius 2 is 1.97 bits per heavy atom. The molecule has 1 aliphatic rings. The van der Waals surface area contributed by atoms with Gasteiger partial charge in [-0.3, -0.25) is 9.78 Å². The Bertz CT molecular complexity index is 1300. The number of aromatic nitrogens is 2. The SMILES string of the molecule is C=C(/C=c1/nc(Nc2cccc(Cl)c2)c2ccncc2/c1=C/C)C(=O)N1CCN(C)CC1. The molecule has 1 amide bonds. The maximum Gasteiger partial charge on any atom is 0.253 e. The van der Waals surface area contributed by atoms with E-state index in [-0.39, 0.29) is 5.91 Å². The maximum atomic E-state index is 13.0. The Morgan fingerprint density at radius 3 is 2.69 bits per heavy atom. The predicted octanol–water partition coefficient (Wildman–Crippen LogP) is 2.94. The summed E-state index contributed by atoms with van der Waals surface area (Å²) < 4.78 is 0. The third-order valence-electron chi connectivity index (χ3n) is 5.63. The van der Waals surface area contributed by atoms with Gasteiger partial charge in [-0.05, 0) is 44.3 Å². The van der Waals surface area contributed by atoms with Crippen molar-refractivity contribution >= 4 is 51.9 Å². The smallest absolute Gasteiger partial charge is 0.253 e. The molecule has 0 aliphatic carbocycles. The van der Waals surface area contributed by atoms with Gasteiger partial charge in [0.2, 0.25) is 0 Å². The molecule has 0 atom stereocenters. The number of pyridine rings is 2. The maximum absolute atomic E-state index is 13.0. The van der Waals surface area contributed by atoms with Crippen molar-refractivity contribution in [1.82, 2.24) is 19.8 Å². The van der Waals surface area contributed by atoms with Gasteiger partial charge in [0.25, 0.3) is 5.91 Å². The van der Waals surface area contributed by atoms with Gasteiger partial charge in [-0.25, -0.2) is 4.98 Å². The summed E-state index contributed by atoms with van der Waals surface area (Å²) in [6.45, 7) is 9.13. The number of halogens is 1. The summed E-state index contributed by atoms with van der Waals surface area (Å²) in [7, 11) is 2.06. The minimum absolute atomic E-state index is 0.0578. The number of benzene rings is 1. The Labute approximate surface area is 192 Å². The van der Waals surface area contributed by atoms with E-state index in [4.69, 9.17) is 16.6 Å². The van der Waals surface area contributed by atoms with Crippen LogP contribution in [0.2, 0.25) is 5.02 Å². The van der Waals surface area contributed by atoms with E-state index in [1.165, 1.54) is 0 Å². The third kappa shape index (κ3) is 4.66. The monoisotopic (exact) mass is 447 g/mol. The number of rotatable bonds is 4. The number of hydrogen-bond donors (Lipinski definition) is 1. The number of nitrogens with one attached hydrogen (secondary N) is 1. The summed E-state index contributed by atoms with van der Waals surface area (Å²) >= 11 is 6.16. The van der Waals surface area contributed by atoms with Crippen LogP contribution in [-0.2, 0) is 4.79 Å². The molecule has 2 aromatic heterocycles. The van der Waals surface area contributed by atoms with E-state index >= 15 is 0 Å². The number of piperazine rings is 1. The van der Waals surface area contributed by atoms with Crippen LogP contribution in [0.4, 0.5) is 11.5 Å². The van der Waals surface area contributed by atoms with Gasteiger partial charge in [-0.1, -0.05) is 30.3 Å². The molecule has 0 saturated carbocycles. The van der Waals surface area contributed by atoms with Crippen molar-refractivity contribution in [1.29, 1.82) is 0 Å². The zero-order valence-electron chi connectivity index (χ0n) is 18.3. The Hall–Kier alpha value is -3.22. The van der Waals surface area contributed by atoms with Gasteiger partial charge in [0, 0.05) is 70.8 Å². The molecule has 0 spiro atoms. The second-order valence-corrected chi connectivity index (χ2v) is 8.31. The minimum atomic E-state index is -0.0578. The first-order valence-electron chi connectivity index (χ1n) is 10.6. The van der Waals surface area contributed by atoms with Crippen molar-refractivity contribution < 1.29 is 4.79 Å². The topological polar surface area (TPSA) is 61.4 Å². The second-order valence-electron chi connectivity index (χ2n) is 7.87. The molecule has 0 unspecified atom stereocenters. The fraction of sp³-hybridized carbons (Fsp3) is 0.240. The molecule has 1 aliphatic heterocycles. The van der Waals surface area contributed by atoms with Gasteiger partial charge >= 0.3 is 0 Å². The van der Waals surface area contributed by atoms with Gasteiger partial charge in [-0.15, -0.1) is 0 Å². The summed E-state index contributed by atoms with van der Waals surface area (Å²) in [5, 5.41) is 7.46. The average Bonchev–Trinajstić information content (AvgIpc) is 2.79. The molecule has 0 bridgehead atoms. The summed E-state index contributed by atoms with van der Waals surface area (Å²) in [4.78, 5) is 26.2. The standard InChI is InChI=1S/C25H26ClN5O/c1-4-20-22-16-27-9-8-21(22)24(28-19-7-5-6-18(26)15-19)29-23(20)14-17(2)25(32)31-12-10-30(3)11-13-31/h4-9,14-16H,2,10-13H2,1,3H3,(H,28,29)/b20-4-,23-14+. The largest absolute Gasteiger partial charge is 0.340 e. The molecule has 3 heterocycles. The number of likely N-dealkylation sites (N-methyl/N-ethyl adjacent to an activating group) is 1. The third-order valence-corrected chi connectivity index (χ3v) is 5.86. The first-order chi connectivity index (χ1) is 15.5. The number of hydrogen-bond acceptors (Lipinski definition) is 5. The quantitative estimate of drug-likeness (QED) is 0.623. The molecule has 32 heavy (non-hydrogen) atoms. The van der Waals surface area contributed by atoms with Crippen LogP contribution in [0.25, 0.3) is 22.9 Å². The highest BCUT2D eigenvalue weighted by molar-refractivity contribution is 6.30. The lowest BCUT2D eigenvalue weighted by Crippen LogP contribution is -2.47. The molecule has 1 saturated heterocycles. The fourth-order valence-electron chi connectivity index (χ4n) is 3.85. The van der Waals surface area contributed by atoms with Crippen molar-refractivity contribution in [2.45, 2.75) is 6.92 Å². The van der Waals surface area contributed by atoms with Crippen LogP contribution >= 0.6 is 11.6 Å². The molecule has 7 heteroatoms. The van der Waals surface area contributed by atoms with Crippen LogP contribution in [0.5, 0.6) is 0 Å². The van der Waals surface area contributed by atoms with Crippen molar-refractivity contribution in [2.24, 2.45) is 0 Å². The summed E-state index contributed by atoms with van der Waals surface area (Å²) in [6.07, 6.45) is 7.31. The van der Waals surface area contributed by atoms with E-state index < -0.39 is 0 Å². The highest BCUT2D eigenvalue weighted by Gasteiger charge is 2.20. The van der Waals surface area contributed by atoms with Crippen molar-refractivity contribution in [3.05, 3.63) is 70.5 Å². The Kier molecular flexibility index (Phi) is 6.53. The van der Waals surface area contributed by atoms with Gasteiger partial charge in [0.05, 0.1) is 5.35 Å². The van der Waals surface area contributed by atoms with Crippen molar-refractivity contribution in [3.63, 3.8) is 0 Å². The molecule has 3 aromatic rings. The molecule has 6 nitrogen and oxygen atoms in total. The van der Waals surface area contributed by atoms with Crippen molar-refractivity contribution in [3.8, 4) is 0 Å². The van der Waals surface area contributed by atoms with Crippen LogP contribution in [0.3, 0.4) is 0 Å². The second kappa shape index (κ2) is 9.51. The number of carbonyl (C=O) groups excluding carboxylic acids is 1. The van der Waals surface area contributed by atoms with Gasteiger partial charge in [0.15, 0.2) is 0 Å². The van der Waals surface area contributed by atoms with Crippen LogP contribution in [0.1, 0.15) is 6.92 Å². The lowest BCUT2D eigenvalue weighted by molar-refractivity contribution is -0.128. The van der Waals surface area contributed by atoms with Crippen molar-refractivity contribution in [2.75, 3.05) is 38.5 Å². The van der Waals surface area contributed by atoms with Crippen LogP contribution in [0.15, 0.2) is 54.9 Å². The van der Waals surface area contributed by atoms with E-state index in [1.807, 2.05) is 54.4 Å². The van der Waals surface area contributed by atoms with E-state index in [0.717, 1.165) is 34.8 Å². The van der Waals surface area contributed by atoms with Gasteiger partial charge < -0.3 is 15.1 Å². The molecule has 1 N–H and O–H groups in total. The zero-order valence-corrected chi connectivity index (χ0v) is 19.1. The highest BCUT2D eigenvalue weighted by atomic mass is 35.5. The summed E-state index contributed by atoms with van der Waals surface area (Å²) in [5.74, 6) is 0.610. The molecule has 4 rings (SSSR count). The lowest BCUT2D eigenvalue weighted by atomic mass is 10.1. The highest BCUT2D eigenvalue weighted by Crippen LogP contribution is 2.23.